The highest BCUT2D eigenvalue weighted by Gasteiger charge is 2.23. The van der Waals surface area contributed by atoms with Crippen LogP contribution in [0.3, 0.4) is 0 Å². The summed E-state index contributed by atoms with van der Waals surface area (Å²) in [7, 11) is 0. The number of phenolic OH excluding ortho intramolecular Hbond substituents is 1. The van der Waals surface area contributed by atoms with Crippen LogP contribution in [0.4, 0.5) is 8.78 Å². The van der Waals surface area contributed by atoms with Gasteiger partial charge in [-0.25, -0.2) is 8.78 Å². The molecule has 1 aliphatic rings. The Morgan fingerprint density at radius 2 is 1.90 bits per heavy atom. The van der Waals surface area contributed by atoms with Gasteiger partial charge in [-0.2, -0.15) is 0 Å². The second-order valence-corrected chi connectivity index (χ2v) is 4.69. The fourth-order valence-electron chi connectivity index (χ4n) is 2.29. The molecule has 0 aromatic heterocycles. The van der Waals surface area contributed by atoms with Crippen molar-refractivity contribution in [3.8, 4) is 11.5 Å². The predicted molar refractivity (Wildman–Crippen MR) is 69.5 cm³/mol. The Morgan fingerprint density at radius 1 is 1.20 bits per heavy atom. The molecule has 0 bridgehead atoms. The molecule has 0 fully saturated rings. The molecule has 3 rings (SSSR count). The minimum Gasteiger partial charge on any atom is -0.503 e. The molecular formula is C15H13F2NO2. The van der Waals surface area contributed by atoms with Crippen molar-refractivity contribution in [2.24, 2.45) is 0 Å². The zero-order valence-electron chi connectivity index (χ0n) is 10.6. The summed E-state index contributed by atoms with van der Waals surface area (Å²) < 4.78 is 32.0. The first-order chi connectivity index (χ1) is 9.65. The van der Waals surface area contributed by atoms with Gasteiger partial charge in [-0.1, -0.05) is 18.2 Å². The van der Waals surface area contributed by atoms with Gasteiger partial charge in [-0.3, -0.25) is 0 Å². The van der Waals surface area contributed by atoms with Crippen molar-refractivity contribution in [3.63, 3.8) is 0 Å². The molecule has 1 heterocycles. The highest BCUT2D eigenvalue weighted by Crippen LogP contribution is 2.32. The van der Waals surface area contributed by atoms with E-state index in [0.29, 0.717) is 12.2 Å². The Kier molecular flexibility index (Phi) is 3.28. The van der Waals surface area contributed by atoms with Gasteiger partial charge < -0.3 is 15.2 Å². The van der Waals surface area contributed by atoms with E-state index in [1.165, 1.54) is 0 Å². The maximum atomic E-state index is 13.2. The summed E-state index contributed by atoms with van der Waals surface area (Å²) in [6, 6.07) is 9.88. The van der Waals surface area contributed by atoms with Crippen LogP contribution in [0.2, 0.25) is 0 Å². The minimum absolute atomic E-state index is 0.00822. The fourth-order valence-corrected chi connectivity index (χ4v) is 2.29. The first-order valence-corrected chi connectivity index (χ1v) is 6.27. The molecule has 0 spiro atoms. The molecule has 5 heteroatoms. The number of fused-ring (bicyclic) bond motifs is 1. The molecule has 20 heavy (non-hydrogen) atoms. The van der Waals surface area contributed by atoms with Gasteiger partial charge >= 0.3 is 0 Å². The van der Waals surface area contributed by atoms with Crippen molar-refractivity contribution < 1.29 is 18.6 Å². The second-order valence-electron chi connectivity index (χ2n) is 4.69. The van der Waals surface area contributed by atoms with Crippen LogP contribution in [-0.4, -0.2) is 11.7 Å². The number of para-hydroxylation sites is 1. The first kappa shape index (κ1) is 12.9. The Labute approximate surface area is 114 Å². The summed E-state index contributed by atoms with van der Waals surface area (Å²) in [6.07, 6.45) is 0. The average molecular weight is 277 g/mol. The summed E-state index contributed by atoms with van der Waals surface area (Å²) in [5.41, 5.74) is 1.47. The number of halogens is 2. The zero-order chi connectivity index (χ0) is 14.1. The first-order valence-electron chi connectivity index (χ1n) is 6.27. The summed E-state index contributed by atoms with van der Waals surface area (Å²) in [5, 5.41) is 12.2. The van der Waals surface area contributed by atoms with E-state index >= 15 is 0 Å². The molecule has 2 N–H and O–H groups in total. The smallest absolute Gasteiger partial charge is 0.187 e. The topological polar surface area (TPSA) is 41.5 Å². The third-order valence-electron chi connectivity index (χ3n) is 3.33. The molecule has 2 aromatic rings. The van der Waals surface area contributed by atoms with Crippen molar-refractivity contribution in [2.45, 2.75) is 12.6 Å². The maximum absolute atomic E-state index is 13.2. The molecular weight excluding hydrogens is 264 g/mol. The van der Waals surface area contributed by atoms with Crippen molar-refractivity contribution in [2.75, 3.05) is 6.61 Å². The number of aromatic hydroxyl groups is 1. The lowest BCUT2D eigenvalue weighted by atomic mass is 10.1. The number of nitrogens with one attached hydrogen (secondary N) is 1. The van der Waals surface area contributed by atoms with E-state index < -0.39 is 17.4 Å². The molecule has 0 radical (unpaired) electrons. The molecule has 1 aliphatic heterocycles. The predicted octanol–water partition coefficient (Wildman–Crippen LogP) is 2.89. The SMILES string of the molecule is Oc1c(F)cc(CNC2COc3ccccc32)cc1F. The number of hydrogen-bond donors (Lipinski definition) is 2. The van der Waals surface area contributed by atoms with Gasteiger partial charge in [0, 0.05) is 12.1 Å². The van der Waals surface area contributed by atoms with Gasteiger partial charge in [0.15, 0.2) is 17.4 Å². The molecule has 3 nitrogen and oxygen atoms in total. The van der Waals surface area contributed by atoms with E-state index in [1.807, 2.05) is 24.3 Å². The Balaban J connectivity index is 1.72. The summed E-state index contributed by atoms with van der Waals surface area (Å²) >= 11 is 0. The quantitative estimate of drug-likeness (QED) is 0.906. The lowest BCUT2D eigenvalue weighted by molar-refractivity contribution is 0.310. The largest absolute Gasteiger partial charge is 0.503 e. The van der Waals surface area contributed by atoms with Crippen LogP contribution in [0.25, 0.3) is 0 Å². The minimum atomic E-state index is -0.954. The molecule has 1 unspecified atom stereocenters. The standard InChI is InChI=1S/C15H13F2NO2/c16-11-5-9(6-12(17)15(11)19)7-18-13-8-20-14-4-2-1-3-10(13)14/h1-6,13,18-19H,7-8H2. The normalized spacial score (nSPS) is 16.8. The van der Waals surface area contributed by atoms with Crippen molar-refractivity contribution in [1.82, 2.24) is 5.32 Å². The Morgan fingerprint density at radius 3 is 2.65 bits per heavy atom. The third kappa shape index (κ3) is 2.32. The van der Waals surface area contributed by atoms with E-state index in [1.54, 1.807) is 0 Å². The maximum Gasteiger partial charge on any atom is 0.187 e. The fraction of sp³-hybridized carbons (Fsp3) is 0.200. The molecule has 0 amide bonds. The number of hydrogen-bond acceptors (Lipinski definition) is 3. The highest BCUT2D eigenvalue weighted by molar-refractivity contribution is 5.39. The van der Waals surface area contributed by atoms with Crippen molar-refractivity contribution in [1.29, 1.82) is 0 Å². The van der Waals surface area contributed by atoms with Gasteiger partial charge in [0.2, 0.25) is 0 Å². The summed E-state index contributed by atoms with van der Waals surface area (Å²) in [4.78, 5) is 0. The lowest BCUT2D eigenvalue weighted by Gasteiger charge is -2.12. The van der Waals surface area contributed by atoms with Crippen LogP contribution in [0, 0.1) is 11.6 Å². The number of benzene rings is 2. The van der Waals surface area contributed by atoms with E-state index in [2.05, 4.69) is 5.32 Å². The molecule has 0 saturated carbocycles. The van der Waals surface area contributed by atoms with Gasteiger partial charge in [0.25, 0.3) is 0 Å². The lowest BCUT2D eigenvalue weighted by Crippen LogP contribution is -2.22. The molecule has 0 aliphatic carbocycles. The van der Waals surface area contributed by atoms with Crippen LogP contribution in [0.5, 0.6) is 11.5 Å². The Bertz CT molecular complexity index is 623. The van der Waals surface area contributed by atoms with E-state index in [0.717, 1.165) is 23.4 Å². The van der Waals surface area contributed by atoms with Crippen LogP contribution in [-0.2, 0) is 6.54 Å². The molecule has 2 aromatic carbocycles. The third-order valence-corrected chi connectivity index (χ3v) is 3.33. The van der Waals surface area contributed by atoms with Crippen LogP contribution in [0.15, 0.2) is 36.4 Å². The van der Waals surface area contributed by atoms with Crippen LogP contribution in [0.1, 0.15) is 17.2 Å². The highest BCUT2D eigenvalue weighted by atomic mass is 19.1. The van der Waals surface area contributed by atoms with Crippen LogP contribution < -0.4 is 10.1 Å². The van der Waals surface area contributed by atoms with Gasteiger partial charge in [0.1, 0.15) is 12.4 Å². The van der Waals surface area contributed by atoms with Gasteiger partial charge in [0.05, 0.1) is 6.04 Å². The van der Waals surface area contributed by atoms with Crippen molar-refractivity contribution >= 4 is 0 Å². The summed E-state index contributed by atoms with van der Waals surface area (Å²) in [5.74, 6) is -2.02. The van der Waals surface area contributed by atoms with Gasteiger partial charge in [-0.15, -0.1) is 0 Å². The second kappa shape index (κ2) is 5.09. The monoisotopic (exact) mass is 277 g/mol. The van der Waals surface area contributed by atoms with Crippen LogP contribution >= 0.6 is 0 Å². The van der Waals surface area contributed by atoms with E-state index in [-0.39, 0.29) is 12.6 Å². The number of rotatable bonds is 3. The zero-order valence-corrected chi connectivity index (χ0v) is 10.6. The summed E-state index contributed by atoms with van der Waals surface area (Å²) in [6.45, 7) is 0.777. The number of ether oxygens (including phenoxy) is 1. The molecule has 0 saturated heterocycles. The average Bonchev–Trinajstić information content (AvgIpc) is 2.85. The van der Waals surface area contributed by atoms with Gasteiger partial charge in [-0.05, 0) is 23.8 Å². The van der Waals surface area contributed by atoms with Crippen molar-refractivity contribution in [3.05, 3.63) is 59.2 Å². The van der Waals surface area contributed by atoms with E-state index in [9.17, 15) is 8.78 Å². The molecule has 1 atom stereocenters. The molecule has 104 valence electrons. The van der Waals surface area contributed by atoms with E-state index in [4.69, 9.17) is 9.84 Å². The Hall–Kier alpha value is -2.14. The number of phenols is 1.